The Hall–Kier alpha value is -2.53. The summed E-state index contributed by atoms with van der Waals surface area (Å²) in [6.45, 7) is 0.678. The van der Waals surface area contributed by atoms with Gasteiger partial charge in [0.25, 0.3) is 0 Å². The number of anilines is 1. The Morgan fingerprint density at radius 1 is 1.04 bits per heavy atom. The first-order chi connectivity index (χ1) is 11.1. The fourth-order valence-electron chi connectivity index (χ4n) is 2.54. The first-order valence-electron chi connectivity index (χ1n) is 7.51. The highest BCUT2D eigenvalue weighted by molar-refractivity contribution is 5.75. The average molecular weight is 310 g/mol. The number of hydrogen-bond acceptors (Lipinski definition) is 4. The van der Waals surface area contributed by atoms with Gasteiger partial charge in [0.1, 0.15) is 11.6 Å². The molecule has 4 nitrogen and oxygen atoms in total. The molecule has 3 aromatic rings. The monoisotopic (exact) mass is 310 g/mol. The smallest absolute Gasteiger partial charge is 0.126 e. The van der Waals surface area contributed by atoms with Gasteiger partial charge in [0.05, 0.1) is 17.1 Å². The van der Waals surface area contributed by atoms with Crippen LogP contribution in [0.15, 0.2) is 54.7 Å². The van der Waals surface area contributed by atoms with Crippen molar-refractivity contribution >= 4 is 16.9 Å². The van der Waals surface area contributed by atoms with Crippen molar-refractivity contribution in [3.8, 4) is 0 Å². The fraction of sp³-hybridized carbons (Fsp3) is 0.222. The maximum Gasteiger partial charge on any atom is 0.126 e. The predicted octanol–water partition coefficient (Wildman–Crippen LogP) is 3.48. The average Bonchev–Trinajstić information content (AvgIpc) is 2.56. The minimum Gasteiger partial charge on any atom is -0.368 e. The number of benzene rings is 1. The quantitative estimate of drug-likeness (QED) is 0.783. The minimum atomic E-state index is -0.220. The van der Waals surface area contributed by atoms with Gasteiger partial charge in [-0.15, -0.1) is 0 Å². The summed E-state index contributed by atoms with van der Waals surface area (Å²) in [6.07, 6.45) is 1.76. The Balaban J connectivity index is 1.76. The Morgan fingerprint density at radius 2 is 1.83 bits per heavy atom. The number of likely N-dealkylation sites (N-methyl/N-ethyl adjacent to an activating group) is 1. The zero-order chi connectivity index (χ0) is 16.2. The van der Waals surface area contributed by atoms with Gasteiger partial charge in [-0.3, -0.25) is 4.98 Å². The first kappa shape index (κ1) is 15.4. The molecule has 0 aliphatic carbocycles. The molecular weight excluding hydrogens is 291 g/mol. The number of aromatic nitrogens is 2. The Bertz CT molecular complexity index is 786. The maximum absolute atomic E-state index is 13.1. The van der Waals surface area contributed by atoms with Gasteiger partial charge in [0.15, 0.2) is 0 Å². The summed E-state index contributed by atoms with van der Waals surface area (Å²) in [5.41, 5.74) is 2.80. The van der Waals surface area contributed by atoms with Gasteiger partial charge in [0.2, 0.25) is 0 Å². The third-order valence-electron chi connectivity index (χ3n) is 3.81. The lowest BCUT2D eigenvalue weighted by Crippen LogP contribution is -2.27. The van der Waals surface area contributed by atoms with Crippen molar-refractivity contribution < 1.29 is 4.39 Å². The number of fused-ring (bicyclic) bond motifs is 1. The molecule has 23 heavy (non-hydrogen) atoms. The number of hydrogen-bond donors (Lipinski definition) is 1. The molecule has 2 aromatic heterocycles. The molecule has 0 radical (unpaired) electrons. The van der Waals surface area contributed by atoms with E-state index in [1.54, 1.807) is 6.20 Å². The molecule has 0 bridgehead atoms. The predicted molar refractivity (Wildman–Crippen MR) is 90.9 cm³/mol. The van der Waals surface area contributed by atoms with Gasteiger partial charge in [-0.2, -0.15) is 0 Å². The molecule has 5 heteroatoms. The Labute approximate surface area is 135 Å². The Kier molecular flexibility index (Phi) is 4.48. The van der Waals surface area contributed by atoms with Crippen molar-refractivity contribution in [3.05, 3.63) is 66.1 Å². The molecule has 0 aliphatic rings. The van der Waals surface area contributed by atoms with Crippen LogP contribution in [-0.2, 0) is 0 Å². The second-order valence-electron chi connectivity index (χ2n) is 5.65. The second kappa shape index (κ2) is 6.71. The third-order valence-corrected chi connectivity index (χ3v) is 3.81. The number of nitrogens with one attached hydrogen (secondary N) is 1. The summed E-state index contributed by atoms with van der Waals surface area (Å²) in [7, 11) is 4.01. The summed E-state index contributed by atoms with van der Waals surface area (Å²) in [5.74, 6) is 0.586. The molecule has 1 unspecified atom stereocenters. The summed E-state index contributed by atoms with van der Waals surface area (Å²) < 4.78 is 13.1. The van der Waals surface area contributed by atoms with E-state index in [-0.39, 0.29) is 11.9 Å². The second-order valence-corrected chi connectivity index (χ2v) is 5.65. The van der Waals surface area contributed by atoms with Crippen molar-refractivity contribution in [2.45, 2.75) is 6.04 Å². The normalized spacial score (nSPS) is 12.5. The summed E-state index contributed by atoms with van der Waals surface area (Å²) in [4.78, 5) is 10.9. The summed E-state index contributed by atoms with van der Waals surface area (Å²) in [6, 6.07) is 14.4. The number of halogens is 1. The van der Waals surface area contributed by atoms with Gasteiger partial charge in [0, 0.05) is 12.7 Å². The SMILES string of the molecule is CN(C)C(CNc1ccc2ncccc2n1)c1ccc(F)cc1. The number of rotatable bonds is 5. The summed E-state index contributed by atoms with van der Waals surface area (Å²) in [5, 5.41) is 3.36. The minimum absolute atomic E-state index is 0.127. The molecule has 3 rings (SSSR count). The molecule has 0 saturated carbocycles. The van der Waals surface area contributed by atoms with Crippen LogP contribution in [0.4, 0.5) is 10.2 Å². The molecule has 1 atom stereocenters. The molecule has 0 aliphatic heterocycles. The van der Waals surface area contributed by atoms with Crippen LogP contribution in [0.5, 0.6) is 0 Å². The van der Waals surface area contributed by atoms with Crippen LogP contribution >= 0.6 is 0 Å². The molecule has 0 spiro atoms. The van der Waals surface area contributed by atoms with E-state index in [0.717, 1.165) is 22.4 Å². The highest BCUT2D eigenvalue weighted by Crippen LogP contribution is 2.20. The first-order valence-corrected chi connectivity index (χ1v) is 7.51. The van der Waals surface area contributed by atoms with Gasteiger partial charge >= 0.3 is 0 Å². The summed E-state index contributed by atoms with van der Waals surface area (Å²) >= 11 is 0. The molecule has 0 fully saturated rings. The lowest BCUT2D eigenvalue weighted by molar-refractivity contribution is 0.311. The zero-order valence-corrected chi connectivity index (χ0v) is 13.2. The van der Waals surface area contributed by atoms with Crippen molar-refractivity contribution in [1.29, 1.82) is 0 Å². The third kappa shape index (κ3) is 3.63. The molecule has 1 N–H and O–H groups in total. The van der Waals surface area contributed by atoms with E-state index in [1.165, 1.54) is 12.1 Å². The molecule has 0 saturated heterocycles. The van der Waals surface area contributed by atoms with E-state index in [0.29, 0.717) is 6.54 Å². The maximum atomic E-state index is 13.1. The van der Waals surface area contributed by atoms with E-state index < -0.39 is 0 Å². The van der Waals surface area contributed by atoms with Crippen molar-refractivity contribution in [2.24, 2.45) is 0 Å². The van der Waals surface area contributed by atoms with Gasteiger partial charge in [-0.05, 0) is 56.1 Å². The van der Waals surface area contributed by atoms with Crippen LogP contribution in [0, 0.1) is 5.82 Å². The molecule has 118 valence electrons. The number of nitrogens with zero attached hydrogens (tertiary/aromatic N) is 3. The molecule has 0 amide bonds. The lowest BCUT2D eigenvalue weighted by atomic mass is 10.1. The van der Waals surface area contributed by atoms with Crippen LogP contribution in [0.3, 0.4) is 0 Å². The molecular formula is C18H19FN4. The van der Waals surface area contributed by atoms with E-state index in [2.05, 4.69) is 20.2 Å². The zero-order valence-electron chi connectivity index (χ0n) is 13.2. The van der Waals surface area contributed by atoms with E-state index in [1.807, 2.05) is 50.5 Å². The van der Waals surface area contributed by atoms with Crippen LogP contribution < -0.4 is 5.32 Å². The highest BCUT2D eigenvalue weighted by atomic mass is 19.1. The fourth-order valence-corrected chi connectivity index (χ4v) is 2.54. The van der Waals surface area contributed by atoms with Crippen molar-refractivity contribution in [2.75, 3.05) is 26.0 Å². The largest absolute Gasteiger partial charge is 0.368 e. The Morgan fingerprint density at radius 3 is 2.57 bits per heavy atom. The van der Waals surface area contributed by atoms with Gasteiger partial charge in [-0.1, -0.05) is 12.1 Å². The topological polar surface area (TPSA) is 41.0 Å². The van der Waals surface area contributed by atoms with E-state index in [9.17, 15) is 4.39 Å². The van der Waals surface area contributed by atoms with Crippen LogP contribution in [0.25, 0.3) is 11.0 Å². The molecule has 2 heterocycles. The van der Waals surface area contributed by atoms with Crippen LogP contribution in [-0.4, -0.2) is 35.5 Å². The van der Waals surface area contributed by atoms with Crippen molar-refractivity contribution in [1.82, 2.24) is 14.9 Å². The molecule has 1 aromatic carbocycles. The van der Waals surface area contributed by atoms with Crippen LogP contribution in [0.1, 0.15) is 11.6 Å². The van der Waals surface area contributed by atoms with E-state index >= 15 is 0 Å². The highest BCUT2D eigenvalue weighted by Gasteiger charge is 2.14. The van der Waals surface area contributed by atoms with Gasteiger partial charge in [-0.25, -0.2) is 9.37 Å². The van der Waals surface area contributed by atoms with Crippen LogP contribution in [0.2, 0.25) is 0 Å². The number of pyridine rings is 2. The standard InChI is InChI=1S/C18H19FN4/c1-23(2)17(13-5-7-14(19)8-6-13)12-21-18-10-9-15-16(22-18)4-3-11-20-15/h3-11,17H,12H2,1-2H3,(H,21,22). The van der Waals surface area contributed by atoms with Crippen molar-refractivity contribution in [3.63, 3.8) is 0 Å². The van der Waals surface area contributed by atoms with E-state index in [4.69, 9.17) is 0 Å². The van der Waals surface area contributed by atoms with Gasteiger partial charge < -0.3 is 10.2 Å². The lowest BCUT2D eigenvalue weighted by Gasteiger charge is -2.25.